The molecule has 0 fully saturated rings. The predicted molar refractivity (Wildman–Crippen MR) is 110 cm³/mol. The maximum Gasteiger partial charge on any atom is 0.252 e. The van der Waals surface area contributed by atoms with E-state index in [0.29, 0.717) is 30.0 Å². The smallest absolute Gasteiger partial charge is 0.252 e. The summed E-state index contributed by atoms with van der Waals surface area (Å²) < 4.78 is 1.80. The Kier molecular flexibility index (Phi) is 5.07. The number of carbonyl (C=O) groups is 1. The van der Waals surface area contributed by atoms with Crippen LogP contribution in [-0.4, -0.2) is 35.9 Å². The number of pyridine rings is 1. The molecule has 0 spiro atoms. The first-order valence-corrected chi connectivity index (χ1v) is 9.72. The van der Waals surface area contributed by atoms with Crippen LogP contribution in [0.3, 0.4) is 0 Å². The van der Waals surface area contributed by atoms with Crippen molar-refractivity contribution in [2.75, 3.05) is 0 Å². The second kappa shape index (κ2) is 7.83. The van der Waals surface area contributed by atoms with E-state index in [0.717, 1.165) is 22.5 Å². The van der Waals surface area contributed by atoms with Gasteiger partial charge in [-0.2, -0.15) is 10.2 Å². The van der Waals surface area contributed by atoms with Gasteiger partial charge < -0.3 is 5.32 Å². The fourth-order valence-corrected chi connectivity index (χ4v) is 3.32. The van der Waals surface area contributed by atoms with Crippen molar-refractivity contribution in [1.82, 2.24) is 35.3 Å². The van der Waals surface area contributed by atoms with Gasteiger partial charge in [-0.25, -0.2) is 14.6 Å². The number of amides is 1. The van der Waals surface area contributed by atoms with Crippen molar-refractivity contribution in [3.05, 3.63) is 59.8 Å². The molecule has 0 saturated heterocycles. The lowest BCUT2D eigenvalue weighted by Crippen LogP contribution is -2.29. The molecular formula is C21H23N7O. The van der Waals surface area contributed by atoms with Gasteiger partial charge in [0, 0.05) is 12.1 Å². The number of aromatic nitrogens is 6. The maximum absolute atomic E-state index is 13.2. The van der Waals surface area contributed by atoms with Crippen LogP contribution in [0.4, 0.5) is 0 Å². The van der Waals surface area contributed by atoms with Crippen molar-refractivity contribution >= 4 is 16.9 Å². The van der Waals surface area contributed by atoms with Gasteiger partial charge >= 0.3 is 0 Å². The number of hydrogen-bond acceptors (Lipinski definition) is 5. The summed E-state index contributed by atoms with van der Waals surface area (Å²) in [5.41, 5.74) is 2.92. The summed E-state index contributed by atoms with van der Waals surface area (Å²) in [6.45, 7) is 6.50. The van der Waals surface area contributed by atoms with Crippen molar-refractivity contribution in [3.8, 4) is 11.3 Å². The van der Waals surface area contributed by atoms with Crippen LogP contribution in [0.1, 0.15) is 48.3 Å². The summed E-state index contributed by atoms with van der Waals surface area (Å²) in [6, 6.07) is 11.4. The van der Waals surface area contributed by atoms with Crippen molar-refractivity contribution in [2.24, 2.45) is 0 Å². The first-order valence-electron chi connectivity index (χ1n) is 9.72. The second-order valence-electron chi connectivity index (χ2n) is 6.83. The molecular weight excluding hydrogens is 366 g/mol. The normalized spacial score (nSPS) is 12.2. The molecule has 1 unspecified atom stereocenters. The molecule has 29 heavy (non-hydrogen) atoms. The molecule has 0 aliphatic rings. The number of benzene rings is 1. The van der Waals surface area contributed by atoms with E-state index in [-0.39, 0.29) is 11.9 Å². The topological polar surface area (TPSA) is 101 Å². The van der Waals surface area contributed by atoms with Gasteiger partial charge in [0.2, 0.25) is 0 Å². The lowest BCUT2D eigenvalue weighted by atomic mass is 10.1. The Morgan fingerprint density at radius 1 is 1.21 bits per heavy atom. The number of aromatic amines is 1. The Morgan fingerprint density at radius 2 is 2.00 bits per heavy atom. The van der Waals surface area contributed by atoms with Crippen molar-refractivity contribution in [1.29, 1.82) is 0 Å². The van der Waals surface area contributed by atoms with Gasteiger partial charge in [-0.15, -0.1) is 0 Å². The minimum absolute atomic E-state index is 0.195. The van der Waals surface area contributed by atoms with Gasteiger partial charge in [-0.05, 0) is 26.3 Å². The number of aryl methyl sites for hydroxylation is 2. The monoisotopic (exact) mass is 389 g/mol. The van der Waals surface area contributed by atoms with E-state index in [1.807, 2.05) is 57.2 Å². The van der Waals surface area contributed by atoms with Gasteiger partial charge in [-0.1, -0.05) is 37.3 Å². The fourth-order valence-electron chi connectivity index (χ4n) is 3.32. The summed E-state index contributed by atoms with van der Waals surface area (Å²) >= 11 is 0. The molecule has 8 nitrogen and oxygen atoms in total. The summed E-state index contributed by atoms with van der Waals surface area (Å²) in [7, 11) is 0. The molecule has 1 amide bonds. The summed E-state index contributed by atoms with van der Waals surface area (Å²) in [4.78, 5) is 22.4. The zero-order chi connectivity index (χ0) is 20.4. The van der Waals surface area contributed by atoms with Crippen LogP contribution in [0.2, 0.25) is 0 Å². The molecule has 1 atom stereocenters. The highest BCUT2D eigenvalue weighted by Gasteiger charge is 2.22. The maximum atomic E-state index is 13.2. The lowest BCUT2D eigenvalue weighted by Gasteiger charge is -2.15. The van der Waals surface area contributed by atoms with Crippen molar-refractivity contribution in [2.45, 2.75) is 39.8 Å². The standard InChI is InChI=1S/C21H23N7O/c1-4-17(19-23-13(3)26-27-19)25-21(29)15-11-18(14-9-7-6-8-10-14)24-20-16(15)12-22-28(20)5-2/h6-12,17H,4-5H2,1-3H3,(H,25,29)(H,23,26,27). The van der Waals surface area contributed by atoms with E-state index in [4.69, 9.17) is 4.98 Å². The molecule has 0 radical (unpaired) electrons. The molecule has 1 aromatic carbocycles. The highest BCUT2D eigenvalue weighted by Crippen LogP contribution is 2.25. The highest BCUT2D eigenvalue weighted by atomic mass is 16.1. The minimum Gasteiger partial charge on any atom is -0.342 e. The summed E-state index contributed by atoms with van der Waals surface area (Å²) in [6.07, 6.45) is 2.38. The third-order valence-corrected chi connectivity index (χ3v) is 4.86. The Hall–Kier alpha value is -3.55. The predicted octanol–water partition coefficient (Wildman–Crippen LogP) is 3.43. The van der Waals surface area contributed by atoms with Gasteiger partial charge in [0.1, 0.15) is 5.82 Å². The van der Waals surface area contributed by atoms with E-state index in [1.54, 1.807) is 10.9 Å². The molecule has 3 heterocycles. The van der Waals surface area contributed by atoms with E-state index >= 15 is 0 Å². The van der Waals surface area contributed by atoms with Gasteiger partial charge in [0.05, 0.1) is 28.9 Å². The van der Waals surface area contributed by atoms with E-state index in [2.05, 4.69) is 25.6 Å². The number of hydrogen-bond donors (Lipinski definition) is 2. The van der Waals surface area contributed by atoms with Crippen LogP contribution in [0.25, 0.3) is 22.3 Å². The van der Waals surface area contributed by atoms with Gasteiger partial charge in [0.15, 0.2) is 11.5 Å². The number of nitrogens with zero attached hydrogens (tertiary/aromatic N) is 5. The molecule has 4 rings (SSSR count). The average molecular weight is 389 g/mol. The zero-order valence-electron chi connectivity index (χ0n) is 16.7. The first-order chi connectivity index (χ1) is 14.1. The molecule has 4 aromatic rings. The summed E-state index contributed by atoms with van der Waals surface area (Å²) in [5.74, 6) is 1.10. The number of nitrogens with one attached hydrogen (secondary N) is 2. The van der Waals surface area contributed by atoms with E-state index in [1.165, 1.54) is 0 Å². The van der Waals surface area contributed by atoms with E-state index < -0.39 is 0 Å². The first kappa shape index (κ1) is 18.8. The van der Waals surface area contributed by atoms with Gasteiger partial charge in [0.25, 0.3) is 5.91 Å². The quantitative estimate of drug-likeness (QED) is 0.526. The highest BCUT2D eigenvalue weighted by molar-refractivity contribution is 6.06. The van der Waals surface area contributed by atoms with Crippen molar-refractivity contribution in [3.63, 3.8) is 0 Å². The van der Waals surface area contributed by atoms with Gasteiger partial charge in [-0.3, -0.25) is 9.89 Å². The Morgan fingerprint density at radius 3 is 2.66 bits per heavy atom. The molecule has 0 aliphatic carbocycles. The third kappa shape index (κ3) is 3.61. The van der Waals surface area contributed by atoms with Crippen LogP contribution in [0.15, 0.2) is 42.6 Å². The number of rotatable bonds is 6. The molecule has 2 N–H and O–H groups in total. The van der Waals surface area contributed by atoms with Crippen LogP contribution in [0.5, 0.6) is 0 Å². The van der Waals surface area contributed by atoms with Crippen LogP contribution < -0.4 is 5.32 Å². The Labute approximate surface area is 168 Å². The van der Waals surface area contributed by atoms with Crippen LogP contribution in [0, 0.1) is 6.92 Å². The minimum atomic E-state index is -0.280. The number of carbonyl (C=O) groups excluding carboxylic acids is 1. The second-order valence-corrected chi connectivity index (χ2v) is 6.83. The lowest BCUT2D eigenvalue weighted by molar-refractivity contribution is 0.0935. The molecule has 3 aromatic heterocycles. The molecule has 0 aliphatic heterocycles. The summed E-state index contributed by atoms with van der Waals surface area (Å²) in [5, 5.41) is 15.2. The molecule has 0 saturated carbocycles. The Balaban J connectivity index is 1.77. The molecule has 0 bridgehead atoms. The molecule has 148 valence electrons. The molecule has 8 heteroatoms. The fraction of sp³-hybridized carbons (Fsp3) is 0.286. The number of fused-ring (bicyclic) bond motifs is 1. The average Bonchev–Trinajstić information content (AvgIpc) is 3.37. The van der Waals surface area contributed by atoms with Crippen molar-refractivity contribution < 1.29 is 4.79 Å². The van der Waals surface area contributed by atoms with E-state index in [9.17, 15) is 4.79 Å². The third-order valence-electron chi connectivity index (χ3n) is 4.86. The zero-order valence-corrected chi connectivity index (χ0v) is 16.7. The van der Waals surface area contributed by atoms with Crippen LogP contribution >= 0.6 is 0 Å². The SMILES string of the molecule is CCC(NC(=O)c1cc(-c2ccccc2)nc2c1cnn2CC)c1n[nH]c(C)n1. The van der Waals surface area contributed by atoms with Crippen LogP contribution in [-0.2, 0) is 6.54 Å². The number of H-pyrrole nitrogens is 1. The largest absolute Gasteiger partial charge is 0.342 e. The Bertz CT molecular complexity index is 1150.